The third kappa shape index (κ3) is 3.41. The van der Waals surface area contributed by atoms with Crippen molar-refractivity contribution < 1.29 is 28.5 Å². The van der Waals surface area contributed by atoms with Crippen LogP contribution in [0.2, 0.25) is 0 Å². The lowest BCUT2D eigenvalue weighted by molar-refractivity contribution is -0.142. The summed E-state index contributed by atoms with van der Waals surface area (Å²) in [6.07, 6.45) is -1.000. The number of halogens is 1. The molecule has 0 saturated heterocycles. The maximum absolute atomic E-state index is 12.5. The maximum Gasteiger partial charge on any atom is 0.375 e. The van der Waals surface area contributed by atoms with Crippen LogP contribution in [0.4, 0.5) is 0 Å². The van der Waals surface area contributed by atoms with Gasteiger partial charge in [-0.25, -0.2) is 9.59 Å². The highest BCUT2D eigenvalue weighted by molar-refractivity contribution is 6.50. The van der Waals surface area contributed by atoms with E-state index in [2.05, 4.69) is 0 Å². The number of carbonyl (C=O) groups is 2. The van der Waals surface area contributed by atoms with Crippen molar-refractivity contribution in [2.24, 2.45) is 0 Å². The molecule has 2 heterocycles. The molecule has 1 aromatic carbocycles. The molecule has 7 heteroatoms. The average molecular weight is 393 g/mol. The van der Waals surface area contributed by atoms with E-state index in [1.165, 1.54) is 0 Å². The highest BCUT2D eigenvalue weighted by Gasteiger charge is 2.44. The van der Waals surface area contributed by atoms with Crippen molar-refractivity contribution in [3.8, 4) is 5.75 Å². The van der Waals surface area contributed by atoms with Crippen LogP contribution in [0.15, 0.2) is 29.0 Å². The third-order valence-corrected chi connectivity index (χ3v) is 4.96. The zero-order valence-electron chi connectivity index (χ0n) is 15.7. The maximum atomic E-state index is 12.5. The van der Waals surface area contributed by atoms with E-state index >= 15 is 0 Å². The van der Waals surface area contributed by atoms with Crippen LogP contribution >= 0.6 is 11.6 Å². The second-order valence-electron chi connectivity index (χ2n) is 6.24. The van der Waals surface area contributed by atoms with E-state index in [1.807, 2.05) is 26.0 Å². The summed E-state index contributed by atoms with van der Waals surface area (Å²) in [7, 11) is 0. The predicted octanol–water partition coefficient (Wildman–Crippen LogP) is 3.42. The van der Waals surface area contributed by atoms with Gasteiger partial charge in [-0.05, 0) is 51.0 Å². The Morgan fingerprint density at radius 1 is 1.22 bits per heavy atom. The van der Waals surface area contributed by atoms with Gasteiger partial charge in [0, 0.05) is 11.1 Å². The molecule has 3 rings (SSSR count). The van der Waals surface area contributed by atoms with Crippen molar-refractivity contribution in [2.75, 3.05) is 19.8 Å². The smallest absolute Gasteiger partial charge is 0.375 e. The number of esters is 2. The second-order valence-corrected chi connectivity index (χ2v) is 6.62. The van der Waals surface area contributed by atoms with E-state index < -0.39 is 18.0 Å². The van der Waals surface area contributed by atoms with Gasteiger partial charge in [-0.1, -0.05) is 11.6 Å². The quantitative estimate of drug-likeness (QED) is 0.715. The Kier molecular flexibility index (Phi) is 5.46. The van der Waals surface area contributed by atoms with Gasteiger partial charge in [0.2, 0.25) is 5.76 Å². The van der Waals surface area contributed by atoms with Gasteiger partial charge in [0.05, 0.1) is 18.2 Å². The minimum absolute atomic E-state index is 0.0210. The van der Waals surface area contributed by atoms with Crippen molar-refractivity contribution in [3.63, 3.8) is 0 Å². The zero-order valence-corrected chi connectivity index (χ0v) is 16.4. The standard InChI is InChI=1S/C20H21ClO6/c1-5-24-18-15(19(22)25-6-2)17(27-20(18)23)13-9-26-14-8-11(4)10(3)7-12(14)16(13)21/h7-8,17H,5-6,9H2,1-4H3. The Morgan fingerprint density at radius 2 is 1.93 bits per heavy atom. The molecule has 0 fully saturated rings. The van der Waals surface area contributed by atoms with Crippen molar-refractivity contribution in [2.45, 2.75) is 33.8 Å². The molecule has 0 spiro atoms. The Morgan fingerprint density at radius 3 is 2.59 bits per heavy atom. The number of hydrogen-bond acceptors (Lipinski definition) is 6. The summed E-state index contributed by atoms with van der Waals surface area (Å²) in [5.74, 6) is -0.862. The number of aryl methyl sites for hydroxylation is 2. The second kappa shape index (κ2) is 7.64. The molecular formula is C20H21ClO6. The van der Waals surface area contributed by atoms with E-state index in [9.17, 15) is 9.59 Å². The van der Waals surface area contributed by atoms with Crippen LogP contribution in [0.3, 0.4) is 0 Å². The molecule has 144 valence electrons. The summed E-state index contributed by atoms with van der Waals surface area (Å²) in [4.78, 5) is 24.7. The van der Waals surface area contributed by atoms with Gasteiger partial charge in [0.1, 0.15) is 17.9 Å². The molecule has 1 unspecified atom stereocenters. The fourth-order valence-corrected chi connectivity index (χ4v) is 3.35. The first-order valence-electron chi connectivity index (χ1n) is 8.77. The van der Waals surface area contributed by atoms with E-state index in [-0.39, 0.29) is 31.2 Å². The number of ether oxygens (including phenoxy) is 4. The van der Waals surface area contributed by atoms with Gasteiger partial charge < -0.3 is 18.9 Å². The highest BCUT2D eigenvalue weighted by atomic mass is 35.5. The average Bonchev–Trinajstić information content (AvgIpc) is 2.94. The minimum Gasteiger partial charge on any atom is -0.488 e. The molecule has 27 heavy (non-hydrogen) atoms. The number of fused-ring (bicyclic) bond motifs is 1. The molecule has 1 aromatic rings. The van der Waals surface area contributed by atoms with E-state index in [1.54, 1.807) is 13.8 Å². The van der Waals surface area contributed by atoms with E-state index in [0.29, 0.717) is 21.9 Å². The first kappa shape index (κ1) is 19.3. The summed E-state index contributed by atoms with van der Waals surface area (Å²) in [6.45, 7) is 7.82. The Labute approximate surface area is 162 Å². The normalized spacial score (nSPS) is 18.9. The van der Waals surface area contributed by atoms with Crippen molar-refractivity contribution in [1.82, 2.24) is 0 Å². The minimum atomic E-state index is -1.000. The fraction of sp³-hybridized carbons (Fsp3) is 0.400. The molecule has 0 aliphatic carbocycles. The van der Waals surface area contributed by atoms with Crippen LogP contribution in [0.5, 0.6) is 5.75 Å². The fourth-order valence-electron chi connectivity index (χ4n) is 3.05. The van der Waals surface area contributed by atoms with Crippen LogP contribution < -0.4 is 4.74 Å². The van der Waals surface area contributed by atoms with Gasteiger partial charge in [0.25, 0.3) is 0 Å². The topological polar surface area (TPSA) is 71.1 Å². The summed E-state index contributed by atoms with van der Waals surface area (Å²) >= 11 is 6.63. The summed E-state index contributed by atoms with van der Waals surface area (Å²) in [6, 6.07) is 3.83. The Bertz CT molecular complexity index is 867. The SMILES string of the molecule is CCOC(=O)C1=C(OCC)C(=O)OC1C1=C(Cl)c2cc(C)c(C)cc2OC1. The Balaban J connectivity index is 2.09. The summed E-state index contributed by atoms with van der Waals surface area (Å²) in [5.41, 5.74) is 3.34. The number of rotatable bonds is 5. The Hall–Kier alpha value is -2.47. The molecule has 6 nitrogen and oxygen atoms in total. The molecule has 0 N–H and O–H groups in total. The van der Waals surface area contributed by atoms with Crippen LogP contribution in [0.25, 0.3) is 5.03 Å². The lowest BCUT2D eigenvalue weighted by atomic mass is 9.96. The van der Waals surface area contributed by atoms with E-state index in [0.717, 1.165) is 11.1 Å². The molecule has 1 atom stereocenters. The molecule has 0 aromatic heterocycles. The lowest BCUT2D eigenvalue weighted by Gasteiger charge is -2.25. The van der Waals surface area contributed by atoms with Gasteiger partial charge in [0.15, 0.2) is 6.10 Å². The monoisotopic (exact) mass is 392 g/mol. The molecule has 2 aliphatic rings. The largest absolute Gasteiger partial charge is 0.488 e. The highest BCUT2D eigenvalue weighted by Crippen LogP contribution is 2.42. The zero-order chi connectivity index (χ0) is 19.7. The van der Waals surface area contributed by atoms with Crippen molar-refractivity contribution >= 4 is 28.6 Å². The molecular weight excluding hydrogens is 372 g/mol. The van der Waals surface area contributed by atoms with E-state index in [4.69, 9.17) is 30.5 Å². The number of carbonyl (C=O) groups excluding carboxylic acids is 2. The van der Waals surface area contributed by atoms with Gasteiger partial charge in [-0.2, -0.15) is 0 Å². The molecule has 2 aliphatic heterocycles. The molecule has 0 radical (unpaired) electrons. The summed E-state index contributed by atoms with van der Waals surface area (Å²) in [5, 5.41) is 0.400. The predicted molar refractivity (Wildman–Crippen MR) is 99.3 cm³/mol. The number of benzene rings is 1. The van der Waals surface area contributed by atoms with Crippen LogP contribution in [-0.4, -0.2) is 37.9 Å². The number of cyclic esters (lactones) is 1. The van der Waals surface area contributed by atoms with Gasteiger partial charge in [-0.3, -0.25) is 0 Å². The van der Waals surface area contributed by atoms with Crippen molar-refractivity contribution in [1.29, 1.82) is 0 Å². The van der Waals surface area contributed by atoms with Crippen LogP contribution in [-0.2, 0) is 23.8 Å². The summed E-state index contributed by atoms with van der Waals surface area (Å²) < 4.78 is 21.7. The molecule has 0 bridgehead atoms. The third-order valence-electron chi connectivity index (χ3n) is 4.52. The lowest BCUT2D eigenvalue weighted by Crippen LogP contribution is -2.27. The van der Waals surface area contributed by atoms with Crippen LogP contribution in [0, 0.1) is 13.8 Å². The van der Waals surface area contributed by atoms with Crippen molar-refractivity contribution in [3.05, 3.63) is 45.7 Å². The first-order chi connectivity index (χ1) is 12.9. The van der Waals surface area contributed by atoms with Crippen LogP contribution in [0.1, 0.15) is 30.5 Å². The molecule has 0 saturated carbocycles. The number of hydrogen-bond donors (Lipinski definition) is 0. The van der Waals surface area contributed by atoms with Gasteiger partial charge in [-0.15, -0.1) is 0 Å². The molecule has 0 amide bonds. The first-order valence-corrected chi connectivity index (χ1v) is 9.14. The van der Waals surface area contributed by atoms with Gasteiger partial charge >= 0.3 is 11.9 Å².